The van der Waals surface area contributed by atoms with Gasteiger partial charge in [-0.15, -0.1) is 11.8 Å². The summed E-state index contributed by atoms with van der Waals surface area (Å²) in [7, 11) is 0. The molecule has 0 fully saturated rings. The quantitative estimate of drug-likeness (QED) is 0.808. The minimum absolute atomic E-state index is 0.117. The van der Waals surface area contributed by atoms with E-state index in [0.29, 0.717) is 5.88 Å². The molecule has 1 heterocycles. The summed E-state index contributed by atoms with van der Waals surface area (Å²) >= 11 is 1.75. The molecule has 1 aromatic carbocycles. The van der Waals surface area contributed by atoms with Crippen LogP contribution in [0.25, 0.3) is 0 Å². The zero-order valence-corrected chi connectivity index (χ0v) is 12.9. The van der Waals surface area contributed by atoms with Crippen molar-refractivity contribution in [2.75, 3.05) is 11.6 Å². The summed E-state index contributed by atoms with van der Waals surface area (Å²) in [5.74, 6) is 0.656. The van der Waals surface area contributed by atoms with E-state index in [2.05, 4.69) is 40.8 Å². The van der Waals surface area contributed by atoms with Crippen LogP contribution in [0.15, 0.2) is 47.5 Å². The molecule has 0 saturated carbocycles. The lowest BCUT2D eigenvalue weighted by Crippen LogP contribution is -2.10. The number of pyridine rings is 1. The van der Waals surface area contributed by atoms with Crippen LogP contribution in [0.2, 0.25) is 0 Å². The summed E-state index contributed by atoms with van der Waals surface area (Å²) in [5.41, 5.74) is 2.16. The summed E-state index contributed by atoms with van der Waals surface area (Å²) in [6.45, 7) is 4.76. The van der Waals surface area contributed by atoms with Crippen molar-refractivity contribution in [1.82, 2.24) is 4.98 Å². The molecule has 0 aliphatic carbocycles. The van der Waals surface area contributed by atoms with Crippen LogP contribution in [0.3, 0.4) is 0 Å². The van der Waals surface area contributed by atoms with E-state index in [1.54, 1.807) is 18.0 Å². The number of hydrogen-bond acceptors (Lipinski definition) is 4. The van der Waals surface area contributed by atoms with E-state index in [9.17, 15) is 0 Å². The summed E-state index contributed by atoms with van der Waals surface area (Å²) in [6, 6.07) is 12.4. The van der Waals surface area contributed by atoms with Crippen LogP contribution >= 0.6 is 11.8 Å². The first-order valence-electron chi connectivity index (χ1n) is 6.67. The van der Waals surface area contributed by atoms with Crippen molar-refractivity contribution >= 4 is 17.4 Å². The van der Waals surface area contributed by atoms with Crippen molar-refractivity contribution in [2.24, 2.45) is 0 Å². The van der Waals surface area contributed by atoms with Gasteiger partial charge < -0.3 is 10.1 Å². The largest absolute Gasteiger partial charge is 0.473 e. The van der Waals surface area contributed by atoms with Crippen molar-refractivity contribution < 1.29 is 4.74 Å². The predicted octanol–water partition coefficient (Wildman–Crippen LogP) is 4.20. The molecule has 20 heavy (non-hydrogen) atoms. The van der Waals surface area contributed by atoms with Crippen LogP contribution in [0.4, 0.5) is 5.69 Å². The molecule has 1 aromatic heterocycles. The van der Waals surface area contributed by atoms with Gasteiger partial charge in [0.05, 0.1) is 11.8 Å². The summed E-state index contributed by atoms with van der Waals surface area (Å²) in [5, 5.41) is 3.38. The van der Waals surface area contributed by atoms with E-state index >= 15 is 0 Å². The van der Waals surface area contributed by atoms with Crippen molar-refractivity contribution in [1.29, 1.82) is 0 Å². The highest BCUT2D eigenvalue weighted by molar-refractivity contribution is 7.98. The third-order valence-corrected chi connectivity index (χ3v) is 3.50. The van der Waals surface area contributed by atoms with Crippen LogP contribution in [0.1, 0.15) is 19.4 Å². The monoisotopic (exact) mass is 288 g/mol. The molecule has 0 unspecified atom stereocenters. The molecular formula is C16H20N2OS. The molecule has 0 atom stereocenters. The second-order valence-corrected chi connectivity index (χ2v) is 5.60. The Morgan fingerprint density at radius 1 is 1.20 bits per heavy atom. The fourth-order valence-electron chi connectivity index (χ4n) is 1.78. The zero-order chi connectivity index (χ0) is 14.4. The maximum atomic E-state index is 5.69. The molecule has 0 radical (unpaired) electrons. The highest BCUT2D eigenvalue weighted by Crippen LogP contribution is 2.23. The van der Waals surface area contributed by atoms with Crippen molar-refractivity contribution in [3.05, 3.63) is 48.2 Å². The Morgan fingerprint density at radius 2 is 1.95 bits per heavy atom. The minimum atomic E-state index is 0.117. The van der Waals surface area contributed by atoms with Gasteiger partial charge in [-0.3, -0.25) is 0 Å². The second-order valence-electron chi connectivity index (χ2n) is 4.72. The molecular weight excluding hydrogens is 268 g/mol. The number of thioether (sulfide) groups is 1. The van der Waals surface area contributed by atoms with Gasteiger partial charge in [-0.25, -0.2) is 4.98 Å². The van der Waals surface area contributed by atoms with Gasteiger partial charge in [-0.1, -0.05) is 12.1 Å². The average Bonchev–Trinajstić information content (AvgIpc) is 2.46. The van der Waals surface area contributed by atoms with Gasteiger partial charge in [0, 0.05) is 17.6 Å². The van der Waals surface area contributed by atoms with E-state index in [-0.39, 0.29) is 6.10 Å². The van der Waals surface area contributed by atoms with Gasteiger partial charge in [-0.05, 0) is 49.9 Å². The lowest BCUT2D eigenvalue weighted by molar-refractivity contribution is 0.234. The SMILES string of the molecule is CSc1ccc(CNc2cccnc2OC(C)C)cc1. The number of rotatable bonds is 6. The van der Waals surface area contributed by atoms with Crippen LogP contribution in [-0.2, 0) is 6.54 Å². The van der Waals surface area contributed by atoms with Gasteiger partial charge in [0.15, 0.2) is 0 Å². The highest BCUT2D eigenvalue weighted by atomic mass is 32.2. The number of nitrogens with zero attached hydrogens (tertiary/aromatic N) is 1. The van der Waals surface area contributed by atoms with E-state index in [1.807, 2.05) is 26.0 Å². The minimum Gasteiger partial charge on any atom is -0.473 e. The van der Waals surface area contributed by atoms with Gasteiger partial charge in [0.1, 0.15) is 0 Å². The fraction of sp³-hybridized carbons (Fsp3) is 0.312. The van der Waals surface area contributed by atoms with Crippen molar-refractivity contribution in [2.45, 2.75) is 31.4 Å². The Hall–Kier alpha value is -1.68. The summed E-state index contributed by atoms with van der Waals surface area (Å²) in [6.07, 6.45) is 3.94. The Bertz CT molecular complexity index is 540. The predicted molar refractivity (Wildman–Crippen MR) is 85.6 cm³/mol. The van der Waals surface area contributed by atoms with E-state index in [0.717, 1.165) is 12.2 Å². The van der Waals surface area contributed by atoms with Crippen LogP contribution in [0.5, 0.6) is 5.88 Å². The first-order valence-corrected chi connectivity index (χ1v) is 7.90. The van der Waals surface area contributed by atoms with Crippen molar-refractivity contribution in [3.8, 4) is 5.88 Å². The van der Waals surface area contributed by atoms with Crippen LogP contribution in [-0.4, -0.2) is 17.3 Å². The van der Waals surface area contributed by atoms with Gasteiger partial charge in [0.25, 0.3) is 0 Å². The first kappa shape index (κ1) is 14.7. The molecule has 0 bridgehead atoms. The average molecular weight is 288 g/mol. The topological polar surface area (TPSA) is 34.2 Å². The Kier molecular flexibility index (Phi) is 5.30. The van der Waals surface area contributed by atoms with E-state index in [1.165, 1.54) is 10.5 Å². The third kappa shape index (κ3) is 4.17. The number of hydrogen-bond donors (Lipinski definition) is 1. The van der Waals surface area contributed by atoms with Gasteiger partial charge >= 0.3 is 0 Å². The maximum absolute atomic E-state index is 5.69. The lowest BCUT2D eigenvalue weighted by atomic mass is 10.2. The van der Waals surface area contributed by atoms with Crippen LogP contribution in [0, 0.1) is 0 Å². The molecule has 1 N–H and O–H groups in total. The molecule has 2 aromatic rings. The van der Waals surface area contributed by atoms with Crippen LogP contribution < -0.4 is 10.1 Å². The van der Waals surface area contributed by atoms with E-state index in [4.69, 9.17) is 4.74 Å². The standard InChI is InChI=1S/C16H20N2OS/c1-12(2)19-16-15(5-4-10-17-16)18-11-13-6-8-14(20-3)9-7-13/h4-10,12,18H,11H2,1-3H3. The molecule has 0 aliphatic heterocycles. The van der Waals surface area contributed by atoms with E-state index < -0.39 is 0 Å². The number of benzene rings is 1. The third-order valence-electron chi connectivity index (χ3n) is 2.76. The zero-order valence-electron chi connectivity index (χ0n) is 12.1. The highest BCUT2D eigenvalue weighted by Gasteiger charge is 2.06. The lowest BCUT2D eigenvalue weighted by Gasteiger charge is -2.14. The number of ether oxygens (including phenoxy) is 1. The Balaban J connectivity index is 2.02. The molecule has 0 spiro atoms. The molecule has 4 heteroatoms. The molecule has 0 saturated heterocycles. The summed E-state index contributed by atoms with van der Waals surface area (Å²) in [4.78, 5) is 5.55. The molecule has 0 aliphatic rings. The van der Waals surface area contributed by atoms with Crippen molar-refractivity contribution in [3.63, 3.8) is 0 Å². The maximum Gasteiger partial charge on any atom is 0.237 e. The fourth-order valence-corrected chi connectivity index (χ4v) is 2.19. The normalized spacial score (nSPS) is 10.6. The Morgan fingerprint density at radius 3 is 2.60 bits per heavy atom. The molecule has 106 valence electrons. The second kappa shape index (κ2) is 7.20. The number of anilines is 1. The molecule has 0 amide bonds. The first-order chi connectivity index (χ1) is 9.69. The smallest absolute Gasteiger partial charge is 0.237 e. The van der Waals surface area contributed by atoms with Gasteiger partial charge in [-0.2, -0.15) is 0 Å². The molecule has 3 nitrogen and oxygen atoms in total. The molecule has 2 rings (SSSR count). The summed E-state index contributed by atoms with van der Waals surface area (Å²) < 4.78 is 5.69. The number of nitrogens with one attached hydrogen (secondary N) is 1. The number of aromatic nitrogens is 1. The van der Waals surface area contributed by atoms with Gasteiger partial charge in [0.2, 0.25) is 5.88 Å². The Labute approximate surface area is 124 Å².